The molecule has 1 unspecified atom stereocenters. The Morgan fingerprint density at radius 3 is 2.65 bits per heavy atom. The SMILES string of the molecule is Nc1ccccc1CNC1CN2CCC1CC2. The van der Waals surface area contributed by atoms with Gasteiger partial charge in [0.05, 0.1) is 0 Å². The van der Waals surface area contributed by atoms with Gasteiger partial charge in [-0.3, -0.25) is 0 Å². The molecule has 3 heterocycles. The normalized spacial score (nSPS) is 31.6. The predicted molar refractivity (Wildman–Crippen MR) is 70.6 cm³/mol. The lowest BCUT2D eigenvalue weighted by atomic mass is 9.84. The van der Waals surface area contributed by atoms with Crippen molar-refractivity contribution in [3.05, 3.63) is 29.8 Å². The van der Waals surface area contributed by atoms with Crippen molar-refractivity contribution in [3.8, 4) is 0 Å². The zero-order valence-corrected chi connectivity index (χ0v) is 10.2. The minimum atomic E-state index is 0.664. The fourth-order valence-electron chi connectivity index (χ4n) is 3.13. The van der Waals surface area contributed by atoms with Crippen molar-refractivity contribution in [2.45, 2.75) is 25.4 Å². The maximum Gasteiger partial charge on any atom is 0.0359 e. The van der Waals surface area contributed by atoms with Crippen molar-refractivity contribution in [1.82, 2.24) is 10.2 Å². The summed E-state index contributed by atoms with van der Waals surface area (Å²) in [5, 5.41) is 3.69. The number of nitrogens with two attached hydrogens (primary N) is 1. The molecule has 0 radical (unpaired) electrons. The van der Waals surface area contributed by atoms with E-state index in [1.807, 2.05) is 12.1 Å². The number of piperidine rings is 3. The van der Waals surface area contributed by atoms with E-state index in [1.165, 1.54) is 38.0 Å². The van der Waals surface area contributed by atoms with Crippen molar-refractivity contribution < 1.29 is 0 Å². The van der Waals surface area contributed by atoms with E-state index in [9.17, 15) is 0 Å². The zero-order chi connectivity index (χ0) is 11.7. The molecule has 3 fully saturated rings. The molecule has 3 N–H and O–H groups in total. The number of fused-ring (bicyclic) bond motifs is 3. The Morgan fingerprint density at radius 1 is 1.24 bits per heavy atom. The van der Waals surface area contributed by atoms with Crippen LogP contribution in [0.2, 0.25) is 0 Å². The molecule has 2 bridgehead atoms. The number of para-hydroxylation sites is 1. The maximum atomic E-state index is 5.96. The van der Waals surface area contributed by atoms with Crippen LogP contribution in [0.15, 0.2) is 24.3 Å². The summed E-state index contributed by atoms with van der Waals surface area (Å²) in [4.78, 5) is 2.58. The van der Waals surface area contributed by atoms with E-state index in [0.717, 1.165) is 18.2 Å². The second-order valence-electron chi connectivity index (χ2n) is 5.32. The summed E-state index contributed by atoms with van der Waals surface area (Å²) in [6.45, 7) is 4.73. The predicted octanol–water partition coefficient (Wildman–Crippen LogP) is 1.45. The first-order valence-corrected chi connectivity index (χ1v) is 6.62. The lowest BCUT2D eigenvalue weighted by Gasteiger charge is -2.45. The summed E-state index contributed by atoms with van der Waals surface area (Å²) < 4.78 is 0. The first kappa shape index (κ1) is 11.1. The number of hydrogen-bond donors (Lipinski definition) is 2. The minimum Gasteiger partial charge on any atom is -0.398 e. The fourth-order valence-corrected chi connectivity index (χ4v) is 3.13. The van der Waals surface area contributed by atoms with Gasteiger partial charge >= 0.3 is 0 Å². The Hall–Kier alpha value is -1.06. The Kier molecular flexibility index (Phi) is 3.04. The largest absolute Gasteiger partial charge is 0.398 e. The lowest BCUT2D eigenvalue weighted by molar-refractivity contribution is 0.0720. The third-order valence-corrected chi connectivity index (χ3v) is 4.27. The highest BCUT2D eigenvalue weighted by Crippen LogP contribution is 2.27. The van der Waals surface area contributed by atoms with Crippen LogP contribution in [0.3, 0.4) is 0 Å². The first-order valence-electron chi connectivity index (χ1n) is 6.62. The van der Waals surface area contributed by atoms with E-state index in [0.29, 0.717) is 6.04 Å². The second kappa shape index (κ2) is 4.67. The zero-order valence-electron chi connectivity index (χ0n) is 10.2. The standard InChI is InChI=1S/C14H21N3/c15-13-4-2-1-3-12(13)9-16-14-10-17-7-5-11(14)6-8-17/h1-4,11,14,16H,5-10,15H2. The van der Waals surface area contributed by atoms with Crippen LogP contribution in [-0.4, -0.2) is 30.6 Å². The van der Waals surface area contributed by atoms with Gasteiger partial charge < -0.3 is 16.0 Å². The van der Waals surface area contributed by atoms with Crippen molar-refractivity contribution >= 4 is 5.69 Å². The molecule has 0 aromatic heterocycles. The Bertz CT molecular complexity index is 383. The molecule has 4 rings (SSSR count). The molecule has 3 nitrogen and oxygen atoms in total. The van der Waals surface area contributed by atoms with Crippen LogP contribution in [0.4, 0.5) is 5.69 Å². The summed E-state index contributed by atoms with van der Waals surface area (Å²) >= 11 is 0. The van der Waals surface area contributed by atoms with E-state index in [4.69, 9.17) is 5.73 Å². The number of nitrogen functional groups attached to an aromatic ring is 1. The van der Waals surface area contributed by atoms with Gasteiger partial charge in [0.25, 0.3) is 0 Å². The Labute approximate surface area is 103 Å². The van der Waals surface area contributed by atoms with Crippen molar-refractivity contribution in [1.29, 1.82) is 0 Å². The monoisotopic (exact) mass is 231 g/mol. The number of rotatable bonds is 3. The van der Waals surface area contributed by atoms with Gasteiger partial charge in [-0.1, -0.05) is 18.2 Å². The summed E-state index contributed by atoms with van der Waals surface area (Å²) in [6, 6.07) is 8.81. The van der Waals surface area contributed by atoms with E-state index in [2.05, 4.69) is 22.3 Å². The molecule has 92 valence electrons. The molecule has 3 heteroatoms. The molecule has 3 saturated heterocycles. The van der Waals surface area contributed by atoms with Gasteiger partial charge in [-0.15, -0.1) is 0 Å². The number of nitrogens with one attached hydrogen (secondary N) is 1. The second-order valence-corrected chi connectivity index (χ2v) is 5.32. The number of hydrogen-bond acceptors (Lipinski definition) is 3. The average Bonchev–Trinajstić information content (AvgIpc) is 2.39. The Balaban J connectivity index is 1.60. The van der Waals surface area contributed by atoms with Crippen molar-refractivity contribution in [2.24, 2.45) is 5.92 Å². The van der Waals surface area contributed by atoms with E-state index in [-0.39, 0.29) is 0 Å². The minimum absolute atomic E-state index is 0.664. The third-order valence-electron chi connectivity index (χ3n) is 4.27. The van der Waals surface area contributed by atoms with Crippen LogP contribution in [0, 0.1) is 5.92 Å². The smallest absolute Gasteiger partial charge is 0.0359 e. The van der Waals surface area contributed by atoms with Crippen molar-refractivity contribution in [3.63, 3.8) is 0 Å². The van der Waals surface area contributed by atoms with Crippen LogP contribution in [0.5, 0.6) is 0 Å². The lowest BCUT2D eigenvalue weighted by Crippen LogP contribution is -2.55. The number of anilines is 1. The topological polar surface area (TPSA) is 41.3 Å². The highest BCUT2D eigenvalue weighted by molar-refractivity contribution is 5.46. The first-order chi connectivity index (χ1) is 8.33. The van der Waals surface area contributed by atoms with Gasteiger partial charge in [0.15, 0.2) is 0 Å². The summed E-state index contributed by atoms with van der Waals surface area (Å²) in [5.41, 5.74) is 8.09. The Morgan fingerprint density at radius 2 is 2.00 bits per heavy atom. The van der Waals surface area contributed by atoms with Crippen LogP contribution in [0.1, 0.15) is 18.4 Å². The molecule has 1 aromatic carbocycles. The van der Waals surface area contributed by atoms with Crippen LogP contribution in [0.25, 0.3) is 0 Å². The highest BCUT2D eigenvalue weighted by atomic mass is 15.2. The van der Waals surface area contributed by atoms with Gasteiger partial charge in [0, 0.05) is 24.8 Å². The van der Waals surface area contributed by atoms with Crippen LogP contribution >= 0.6 is 0 Å². The highest BCUT2D eigenvalue weighted by Gasteiger charge is 2.33. The maximum absolute atomic E-state index is 5.96. The molecule has 0 amide bonds. The fraction of sp³-hybridized carbons (Fsp3) is 0.571. The molecular weight excluding hydrogens is 210 g/mol. The number of nitrogens with zero attached hydrogens (tertiary/aromatic N) is 1. The summed E-state index contributed by atoms with van der Waals surface area (Å²) in [7, 11) is 0. The third kappa shape index (κ3) is 2.31. The van der Waals surface area contributed by atoms with Crippen LogP contribution in [-0.2, 0) is 6.54 Å². The van der Waals surface area contributed by atoms with Gasteiger partial charge in [0.2, 0.25) is 0 Å². The molecule has 0 aliphatic carbocycles. The van der Waals surface area contributed by atoms with E-state index >= 15 is 0 Å². The van der Waals surface area contributed by atoms with Gasteiger partial charge in [-0.25, -0.2) is 0 Å². The molecule has 3 aliphatic rings. The van der Waals surface area contributed by atoms with Crippen molar-refractivity contribution in [2.75, 3.05) is 25.4 Å². The molecule has 1 aromatic rings. The van der Waals surface area contributed by atoms with E-state index in [1.54, 1.807) is 0 Å². The molecular formula is C14H21N3. The average molecular weight is 231 g/mol. The summed E-state index contributed by atoms with van der Waals surface area (Å²) in [6.07, 6.45) is 2.73. The van der Waals surface area contributed by atoms with Gasteiger partial charge in [-0.2, -0.15) is 0 Å². The molecule has 0 saturated carbocycles. The van der Waals surface area contributed by atoms with Crippen LogP contribution < -0.4 is 11.1 Å². The van der Waals surface area contributed by atoms with Gasteiger partial charge in [0.1, 0.15) is 0 Å². The quantitative estimate of drug-likeness (QED) is 0.774. The molecule has 1 atom stereocenters. The number of benzene rings is 1. The van der Waals surface area contributed by atoms with Gasteiger partial charge in [-0.05, 0) is 43.5 Å². The molecule has 17 heavy (non-hydrogen) atoms. The molecule has 0 spiro atoms. The van der Waals surface area contributed by atoms with E-state index < -0.39 is 0 Å². The molecule has 3 aliphatic heterocycles. The summed E-state index contributed by atoms with van der Waals surface area (Å²) in [5.74, 6) is 0.880.